The molecular weight excluding hydrogens is 294 g/mol. The molecule has 1 N–H and O–H groups in total. The number of hydrogen-bond acceptors (Lipinski definition) is 4. The number of carbonyl (C=O) groups excluding carboxylic acids is 1. The van der Waals surface area contributed by atoms with Crippen LogP contribution in [0.1, 0.15) is 5.56 Å². The van der Waals surface area contributed by atoms with E-state index in [1.807, 2.05) is 0 Å². The smallest absolute Gasteiger partial charge is 0.376 e. The number of hydrogen-bond donors (Lipinski definition) is 1. The molecule has 0 aliphatic carbocycles. The van der Waals surface area contributed by atoms with Gasteiger partial charge in [-0.25, -0.2) is 4.79 Å². The number of carboxylic acids is 1. The summed E-state index contributed by atoms with van der Waals surface area (Å²) in [4.78, 5) is 31.1. The molecule has 7 heteroatoms. The van der Waals surface area contributed by atoms with Crippen LogP contribution in [-0.2, 0) is 9.59 Å². The van der Waals surface area contributed by atoms with Crippen LogP contribution in [0.25, 0.3) is 6.08 Å². The van der Waals surface area contributed by atoms with Crippen LogP contribution in [0.5, 0.6) is 0 Å². The Labute approximate surface area is 104 Å². The fourth-order valence-corrected chi connectivity index (χ4v) is 1.40. The van der Waals surface area contributed by atoms with Gasteiger partial charge in [0.2, 0.25) is 0 Å². The molecule has 0 aliphatic rings. The number of benzene rings is 1. The Balaban J connectivity index is 3.11. The Kier molecular flexibility index (Phi) is 4.11. The average Bonchev–Trinajstić information content (AvgIpc) is 2.26. The maximum absolute atomic E-state index is 10.8. The van der Waals surface area contributed by atoms with E-state index in [9.17, 15) is 19.7 Å². The van der Waals surface area contributed by atoms with Crippen molar-refractivity contribution in [2.45, 2.75) is 0 Å². The highest BCUT2D eigenvalue weighted by Gasteiger charge is 2.13. The van der Waals surface area contributed by atoms with Crippen LogP contribution in [0.2, 0.25) is 0 Å². The molecule has 0 fully saturated rings. The average molecular weight is 300 g/mol. The second-order valence-corrected chi connectivity index (χ2v) is 3.88. The summed E-state index contributed by atoms with van der Waals surface area (Å²) in [6.07, 6.45) is 1.87. The number of ketones is 1. The molecule has 1 aromatic rings. The van der Waals surface area contributed by atoms with E-state index in [-0.39, 0.29) is 11.3 Å². The number of aliphatic carboxylic acids is 1. The second kappa shape index (κ2) is 5.35. The highest BCUT2D eigenvalue weighted by molar-refractivity contribution is 9.10. The number of rotatable bonds is 4. The summed E-state index contributed by atoms with van der Waals surface area (Å²) in [5, 5.41) is 19.0. The third-order valence-corrected chi connectivity index (χ3v) is 2.31. The molecule has 6 nitrogen and oxygen atoms in total. The maximum Gasteiger partial charge on any atom is 0.376 e. The zero-order chi connectivity index (χ0) is 13.0. The van der Waals surface area contributed by atoms with Crippen LogP contribution < -0.4 is 0 Å². The molecule has 1 aromatic carbocycles. The van der Waals surface area contributed by atoms with Crippen molar-refractivity contribution < 1.29 is 19.6 Å². The molecule has 0 atom stereocenters. The lowest BCUT2D eigenvalue weighted by molar-refractivity contribution is -0.385. The van der Waals surface area contributed by atoms with E-state index < -0.39 is 16.7 Å². The lowest BCUT2D eigenvalue weighted by Gasteiger charge is -1.97. The lowest BCUT2D eigenvalue weighted by Crippen LogP contribution is -2.08. The first-order chi connectivity index (χ1) is 7.91. The molecule has 0 aliphatic heterocycles. The van der Waals surface area contributed by atoms with Crippen LogP contribution in [0.3, 0.4) is 0 Å². The van der Waals surface area contributed by atoms with Crippen LogP contribution in [-0.4, -0.2) is 21.8 Å². The van der Waals surface area contributed by atoms with Gasteiger partial charge in [-0.3, -0.25) is 14.9 Å². The Morgan fingerprint density at radius 2 is 2.06 bits per heavy atom. The van der Waals surface area contributed by atoms with E-state index in [4.69, 9.17) is 5.11 Å². The minimum atomic E-state index is -1.61. The molecule has 0 heterocycles. The van der Waals surface area contributed by atoms with Crippen molar-refractivity contribution in [3.8, 4) is 0 Å². The van der Waals surface area contributed by atoms with Gasteiger partial charge in [0.25, 0.3) is 11.5 Å². The zero-order valence-electron chi connectivity index (χ0n) is 8.29. The van der Waals surface area contributed by atoms with E-state index in [0.717, 1.165) is 12.2 Å². The topological polar surface area (TPSA) is 97.5 Å². The van der Waals surface area contributed by atoms with Crippen molar-refractivity contribution in [3.05, 3.63) is 44.4 Å². The SMILES string of the molecule is O=C(O)C(=O)/C=C/c1ccc(Br)cc1[N+](=O)[O-]. The minimum absolute atomic E-state index is 0.160. The van der Waals surface area contributed by atoms with Gasteiger partial charge in [0.1, 0.15) is 0 Å². The molecular formula is C10H6BrNO5. The van der Waals surface area contributed by atoms with Crippen molar-refractivity contribution in [1.82, 2.24) is 0 Å². The van der Waals surface area contributed by atoms with Gasteiger partial charge >= 0.3 is 5.97 Å². The summed E-state index contributed by atoms with van der Waals surface area (Å²) in [7, 11) is 0. The minimum Gasteiger partial charge on any atom is -0.475 e. The molecule has 0 bridgehead atoms. The van der Waals surface area contributed by atoms with Crippen LogP contribution in [0.15, 0.2) is 28.7 Å². The molecule has 0 unspecified atom stereocenters. The molecule has 0 saturated carbocycles. The van der Waals surface area contributed by atoms with E-state index in [2.05, 4.69) is 15.9 Å². The van der Waals surface area contributed by atoms with E-state index in [0.29, 0.717) is 4.47 Å². The summed E-state index contributed by atoms with van der Waals surface area (Å²) >= 11 is 3.08. The van der Waals surface area contributed by atoms with Gasteiger partial charge in [0.15, 0.2) is 0 Å². The van der Waals surface area contributed by atoms with Crippen LogP contribution in [0.4, 0.5) is 5.69 Å². The first-order valence-electron chi connectivity index (χ1n) is 4.31. The first-order valence-corrected chi connectivity index (χ1v) is 5.10. The molecule has 0 spiro atoms. The molecule has 17 heavy (non-hydrogen) atoms. The summed E-state index contributed by atoms with van der Waals surface area (Å²) in [5.74, 6) is -2.75. The predicted molar refractivity (Wildman–Crippen MR) is 62.5 cm³/mol. The summed E-state index contributed by atoms with van der Waals surface area (Å²) < 4.78 is 0.519. The molecule has 88 valence electrons. The normalized spacial score (nSPS) is 10.4. The largest absolute Gasteiger partial charge is 0.475 e. The number of nitro groups is 1. The lowest BCUT2D eigenvalue weighted by atomic mass is 10.1. The fourth-order valence-electron chi connectivity index (χ4n) is 1.05. The summed E-state index contributed by atoms with van der Waals surface area (Å²) in [5.41, 5.74) is -0.0541. The number of carboxylic acid groups (broad SMARTS) is 1. The van der Waals surface area contributed by atoms with Gasteiger partial charge < -0.3 is 5.11 Å². The fraction of sp³-hybridized carbons (Fsp3) is 0. The Morgan fingerprint density at radius 1 is 1.41 bits per heavy atom. The van der Waals surface area contributed by atoms with Crippen molar-refractivity contribution in [1.29, 1.82) is 0 Å². The monoisotopic (exact) mass is 299 g/mol. The molecule has 1 rings (SSSR count). The number of nitrogens with zero attached hydrogens (tertiary/aromatic N) is 1. The van der Waals surface area contributed by atoms with Crippen LogP contribution in [0, 0.1) is 10.1 Å². The maximum atomic E-state index is 10.8. The quantitative estimate of drug-likeness (QED) is 0.397. The van der Waals surface area contributed by atoms with Gasteiger partial charge in [-0.05, 0) is 24.3 Å². The van der Waals surface area contributed by atoms with E-state index in [1.54, 1.807) is 6.07 Å². The second-order valence-electron chi connectivity index (χ2n) is 2.96. The molecule has 0 aromatic heterocycles. The van der Waals surface area contributed by atoms with Gasteiger partial charge in [-0.2, -0.15) is 0 Å². The van der Waals surface area contributed by atoms with Crippen LogP contribution >= 0.6 is 15.9 Å². The van der Waals surface area contributed by atoms with E-state index >= 15 is 0 Å². The summed E-state index contributed by atoms with van der Waals surface area (Å²) in [6, 6.07) is 4.23. The Morgan fingerprint density at radius 3 is 2.59 bits per heavy atom. The highest BCUT2D eigenvalue weighted by atomic mass is 79.9. The first kappa shape index (κ1) is 13.0. The van der Waals surface area contributed by atoms with Crippen molar-refractivity contribution in [2.24, 2.45) is 0 Å². The highest BCUT2D eigenvalue weighted by Crippen LogP contribution is 2.24. The predicted octanol–water partition coefficient (Wildman–Crippen LogP) is 2.02. The number of halogens is 1. The Bertz CT molecular complexity index is 523. The van der Waals surface area contributed by atoms with E-state index in [1.165, 1.54) is 12.1 Å². The van der Waals surface area contributed by atoms with Crippen molar-refractivity contribution in [3.63, 3.8) is 0 Å². The van der Waals surface area contributed by atoms with Crippen molar-refractivity contribution >= 4 is 39.4 Å². The van der Waals surface area contributed by atoms with Gasteiger partial charge in [0, 0.05) is 10.5 Å². The Hall–Kier alpha value is -2.02. The molecule has 0 amide bonds. The molecule has 0 saturated heterocycles. The standard InChI is InChI=1S/C10H6BrNO5/c11-7-3-1-6(8(5-7)12(16)17)2-4-9(13)10(14)15/h1-5H,(H,14,15)/b4-2+. The van der Waals surface area contributed by atoms with Gasteiger partial charge in [-0.1, -0.05) is 15.9 Å². The van der Waals surface area contributed by atoms with Crippen molar-refractivity contribution in [2.75, 3.05) is 0 Å². The number of nitro benzene ring substituents is 1. The number of carbonyl (C=O) groups is 2. The third-order valence-electron chi connectivity index (χ3n) is 1.81. The molecule has 0 radical (unpaired) electrons. The van der Waals surface area contributed by atoms with Gasteiger partial charge in [0.05, 0.1) is 10.5 Å². The zero-order valence-corrected chi connectivity index (χ0v) is 9.88. The third kappa shape index (κ3) is 3.49. The van der Waals surface area contributed by atoms with Gasteiger partial charge in [-0.15, -0.1) is 0 Å². The summed E-state index contributed by atoms with van der Waals surface area (Å²) in [6.45, 7) is 0.